The van der Waals surface area contributed by atoms with E-state index in [9.17, 15) is 9.59 Å². The van der Waals surface area contributed by atoms with Crippen molar-refractivity contribution in [2.24, 2.45) is 0 Å². The van der Waals surface area contributed by atoms with E-state index in [-0.39, 0.29) is 18.4 Å². The fourth-order valence-electron chi connectivity index (χ4n) is 2.53. The number of carbonyl (C=O) groups excluding carboxylic acids is 2. The van der Waals surface area contributed by atoms with Gasteiger partial charge in [-0.15, -0.1) is 0 Å². The van der Waals surface area contributed by atoms with Gasteiger partial charge >= 0.3 is 0 Å². The van der Waals surface area contributed by atoms with Gasteiger partial charge < -0.3 is 19.7 Å². The summed E-state index contributed by atoms with van der Waals surface area (Å²) in [5, 5.41) is 2.94. The highest BCUT2D eigenvalue weighted by atomic mass is 35.5. The number of likely N-dealkylation sites (tertiary alicyclic amines) is 1. The zero-order valence-electron chi connectivity index (χ0n) is 14.1. The van der Waals surface area contributed by atoms with E-state index in [0.717, 1.165) is 32.4 Å². The van der Waals surface area contributed by atoms with Gasteiger partial charge in [0.05, 0.1) is 25.3 Å². The zero-order chi connectivity index (χ0) is 17.5. The Hall–Kier alpha value is -1.95. The molecule has 0 bridgehead atoms. The van der Waals surface area contributed by atoms with Crippen LogP contribution < -0.4 is 14.8 Å². The third-order valence-corrected chi connectivity index (χ3v) is 4.08. The lowest BCUT2D eigenvalue weighted by Gasteiger charge is -2.16. The summed E-state index contributed by atoms with van der Waals surface area (Å²) in [5.41, 5.74) is 0.329. The van der Waals surface area contributed by atoms with E-state index in [0.29, 0.717) is 28.7 Å². The van der Waals surface area contributed by atoms with Gasteiger partial charge in [0.1, 0.15) is 0 Å². The molecule has 0 unspecified atom stereocenters. The van der Waals surface area contributed by atoms with Crippen molar-refractivity contribution in [3.05, 3.63) is 22.7 Å². The Kier molecular flexibility index (Phi) is 6.73. The molecule has 0 spiro atoms. The molecule has 2 amide bonds. The molecule has 1 heterocycles. The molecule has 1 aliphatic rings. The first-order valence-corrected chi connectivity index (χ1v) is 8.51. The van der Waals surface area contributed by atoms with E-state index in [1.54, 1.807) is 11.0 Å². The quantitative estimate of drug-likeness (QED) is 0.816. The van der Waals surface area contributed by atoms with Crippen LogP contribution in [0.5, 0.6) is 11.5 Å². The first-order chi connectivity index (χ1) is 11.6. The minimum Gasteiger partial charge on any atom is -0.493 e. The second-order valence-corrected chi connectivity index (χ2v) is 6.02. The van der Waals surface area contributed by atoms with Crippen LogP contribution in [0.1, 0.15) is 36.5 Å². The highest BCUT2D eigenvalue weighted by Crippen LogP contribution is 2.36. The molecule has 7 heteroatoms. The van der Waals surface area contributed by atoms with E-state index >= 15 is 0 Å². The smallest absolute Gasteiger partial charge is 0.251 e. The molecule has 1 aliphatic heterocycles. The van der Waals surface area contributed by atoms with Gasteiger partial charge in [-0.3, -0.25) is 9.59 Å². The summed E-state index contributed by atoms with van der Waals surface area (Å²) in [4.78, 5) is 26.0. The van der Waals surface area contributed by atoms with Gasteiger partial charge in [-0.2, -0.15) is 0 Å². The van der Waals surface area contributed by atoms with E-state index in [2.05, 4.69) is 5.32 Å². The van der Waals surface area contributed by atoms with Crippen LogP contribution in [0.15, 0.2) is 12.1 Å². The number of carbonyl (C=O) groups is 2. The van der Waals surface area contributed by atoms with Gasteiger partial charge in [-0.05, 0) is 31.4 Å². The monoisotopic (exact) mass is 354 g/mol. The van der Waals surface area contributed by atoms with Crippen molar-refractivity contribution in [3.8, 4) is 11.5 Å². The van der Waals surface area contributed by atoms with Crippen LogP contribution in [0.25, 0.3) is 0 Å². The molecule has 1 N–H and O–H groups in total. The Morgan fingerprint density at radius 3 is 2.62 bits per heavy atom. The third-order valence-electron chi connectivity index (χ3n) is 3.80. The van der Waals surface area contributed by atoms with Crippen molar-refractivity contribution in [3.63, 3.8) is 0 Å². The molecule has 0 saturated carbocycles. The van der Waals surface area contributed by atoms with Gasteiger partial charge in [-0.25, -0.2) is 0 Å². The number of hydrogen-bond donors (Lipinski definition) is 1. The Morgan fingerprint density at radius 2 is 2.00 bits per heavy atom. The maximum absolute atomic E-state index is 12.3. The molecule has 0 aliphatic carbocycles. The fraction of sp³-hybridized carbons (Fsp3) is 0.529. The zero-order valence-corrected chi connectivity index (χ0v) is 14.8. The standard InChI is InChI=1S/C17H23ClN2O4/c1-3-8-24-16-13(18)9-12(10-14(16)23-2)17(22)19-11-15(21)20-6-4-5-7-20/h9-10H,3-8,11H2,1-2H3,(H,19,22). The number of rotatable bonds is 7. The number of benzene rings is 1. The molecule has 6 nitrogen and oxygen atoms in total. The molecule has 132 valence electrons. The summed E-state index contributed by atoms with van der Waals surface area (Å²) >= 11 is 6.20. The van der Waals surface area contributed by atoms with Crippen LogP contribution in [0.4, 0.5) is 0 Å². The molecule has 24 heavy (non-hydrogen) atoms. The normalized spacial score (nSPS) is 13.7. The number of hydrogen-bond acceptors (Lipinski definition) is 4. The van der Waals surface area contributed by atoms with Crippen molar-refractivity contribution in [1.29, 1.82) is 0 Å². The number of amides is 2. The molecule has 1 aromatic rings. The van der Waals surface area contributed by atoms with Gasteiger partial charge in [0.2, 0.25) is 5.91 Å². The lowest BCUT2D eigenvalue weighted by molar-refractivity contribution is -0.129. The van der Waals surface area contributed by atoms with E-state index < -0.39 is 0 Å². The van der Waals surface area contributed by atoms with Gasteiger partial charge in [0, 0.05) is 18.7 Å². The highest BCUT2D eigenvalue weighted by Gasteiger charge is 2.20. The molecular formula is C17H23ClN2O4. The number of methoxy groups -OCH3 is 1. The number of nitrogens with zero attached hydrogens (tertiary/aromatic N) is 1. The summed E-state index contributed by atoms with van der Waals surface area (Å²) < 4.78 is 10.8. The van der Waals surface area contributed by atoms with E-state index in [1.165, 1.54) is 13.2 Å². The van der Waals surface area contributed by atoms with Crippen molar-refractivity contribution in [2.75, 3.05) is 33.4 Å². The van der Waals surface area contributed by atoms with Crippen LogP contribution in [0.3, 0.4) is 0 Å². The third kappa shape index (κ3) is 4.54. The average molecular weight is 355 g/mol. The van der Waals surface area contributed by atoms with Crippen molar-refractivity contribution >= 4 is 23.4 Å². The summed E-state index contributed by atoms with van der Waals surface area (Å²) in [6, 6.07) is 3.08. The summed E-state index contributed by atoms with van der Waals surface area (Å²) in [5.74, 6) is 0.379. The minimum absolute atomic E-state index is 0.0210. The topological polar surface area (TPSA) is 67.9 Å². The average Bonchev–Trinajstić information content (AvgIpc) is 3.12. The molecule has 2 rings (SSSR count). The maximum Gasteiger partial charge on any atom is 0.251 e. The molecule has 0 radical (unpaired) electrons. The van der Waals surface area contributed by atoms with Crippen LogP contribution in [-0.2, 0) is 4.79 Å². The summed E-state index contributed by atoms with van der Waals surface area (Å²) in [6.07, 6.45) is 2.87. The molecule has 1 aromatic carbocycles. The largest absolute Gasteiger partial charge is 0.493 e. The molecular weight excluding hydrogens is 332 g/mol. The number of ether oxygens (including phenoxy) is 2. The Labute approximate surface area is 147 Å². The van der Waals surface area contributed by atoms with E-state index in [1.807, 2.05) is 6.92 Å². The minimum atomic E-state index is -0.371. The number of nitrogens with one attached hydrogen (secondary N) is 1. The molecule has 1 fully saturated rings. The summed E-state index contributed by atoms with van der Waals surface area (Å²) in [6.45, 7) is 3.99. The Bertz CT molecular complexity index is 600. The molecule has 0 atom stereocenters. The lowest BCUT2D eigenvalue weighted by atomic mass is 10.2. The fourth-order valence-corrected chi connectivity index (χ4v) is 2.80. The van der Waals surface area contributed by atoms with Crippen LogP contribution >= 0.6 is 11.6 Å². The SMILES string of the molecule is CCCOc1c(Cl)cc(C(=O)NCC(=O)N2CCCC2)cc1OC. The van der Waals surface area contributed by atoms with Crippen molar-refractivity contribution < 1.29 is 19.1 Å². The Morgan fingerprint density at radius 1 is 1.29 bits per heavy atom. The van der Waals surface area contributed by atoms with Crippen molar-refractivity contribution in [1.82, 2.24) is 10.2 Å². The Balaban J connectivity index is 2.03. The predicted octanol–water partition coefficient (Wildman–Crippen LogP) is 2.49. The van der Waals surface area contributed by atoms with Gasteiger partial charge in [0.15, 0.2) is 11.5 Å². The molecule has 1 saturated heterocycles. The predicted molar refractivity (Wildman–Crippen MR) is 91.9 cm³/mol. The van der Waals surface area contributed by atoms with E-state index in [4.69, 9.17) is 21.1 Å². The first kappa shape index (κ1) is 18.4. The molecule has 0 aromatic heterocycles. The highest BCUT2D eigenvalue weighted by molar-refractivity contribution is 6.32. The second-order valence-electron chi connectivity index (χ2n) is 5.61. The van der Waals surface area contributed by atoms with Crippen LogP contribution in [0.2, 0.25) is 5.02 Å². The first-order valence-electron chi connectivity index (χ1n) is 8.13. The lowest BCUT2D eigenvalue weighted by Crippen LogP contribution is -2.38. The number of halogens is 1. The van der Waals surface area contributed by atoms with Crippen LogP contribution in [0, 0.1) is 0 Å². The van der Waals surface area contributed by atoms with Gasteiger partial charge in [0.25, 0.3) is 5.91 Å². The second kappa shape index (κ2) is 8.78. The van der Waals surface area contributed by atoms with Crippen molar-refractivity contribution in [2.45, 2.75) is 26.2 Å². The van der Waals surface area contributed by atoms with Gasteiger partial charge in [-0.1, -0.05) is 18.5 Å². The van der Waals surface area contributed by atoms with Crippen LogP contribution in [-0.4, -0.2) is 50.1 Å². The summed E-state index contributed by atoms with van der Waals surface area (Å²) in [7, 11) is 1.49. The maximum atomic E-state index is 12.3.